The third-order valence-corrected chi connectivity index (χ3v) is 11.5. The first-order valence-electron chi connectivity index (χ1n) is 14.0. The van der Waals surface area contributed by atoms with E-state index in [0.717, 1.165) is 31.6 Å². The molecule has 5 fully saturated rings. The Morgan fingerprint density at radius 1 is 0.886 bits per heavy atom. The van der Waals surface area contributed by atoms with Crippen LogP contribution in [-0.4, -0.2) is 40.6 Å². The maximum atomic E-state index is 12.7. The molecule has 5 rings (SSSR count). The minimum absolute atomic E-state index is 0.0806. The Morgan fingerprint density at radius 3 is 2.26 bits per heavy atom. The summed E-state index contributed by atoms with van der Waals surface area (Å²) >= 11 is 0. The van der Waals surface area contributed by atoms with E-state index in [1.54, 1.807) is 6.92 Å². The highest BCUT2D eigenvalue weighted by molar-refractivity contribution is 6.02. The van der Waals surface area contributed by atoms with Crippen molar-refractivity contribution in [2.45, 2.75) is 110 Å². The van der Waals surface area contributed by atoms with Crippen molar-refractivity contribution in [2.24, 2.45) is 40.4 Å². The summed E-state index contributed by atoms with van der Waals surface area (Å²) in [4.78, 5) is 50.0. The summed E-state index contributed by atoms with van der Waals surface area (Å²) in [5.41, 5.74) is -0.00469. The Labute approximate surface area is 209 Å². The molecule has 194 valence electrons. The van der Waals surface area contributed by atoms with Crippen LogP contribution in [0.1, 0.15) is 105 Å². The molecule has 1 heterocycles. The number of carbonyl (C=O) groups is 4. The molecule has 6 nitrogen and oxygen atoms in total. The third kappa shape index (κ3) is 4.07. The van der Waals surface area contributed by atoms with Crippen molar-refractivity contribution in [1.82, 2.24) is 4.90 Å². The second-order valence-electron chi connectivity index (χ2n) is 13.3. The number of ether oxygens (including phenoxy) is 1. The molecule has 8 atom stereocenters. The number of hydrogen-bond donors (Lipinski definition) is 0. The topological polar surface area (TPSA) is 80.8 Å². The summed E-state index contributed by atoms with van der Waals surface area (Å²) < 4.78 is 6.04. The second kappa shape index (κ2) is 8.69. The number of ketones is 1. The average molecular weight is 486 g/mol. The molecule has 1 aliphatic heterocycles. The Morgan fingerprint density at radius 2 is 1.57 bits per heavy atom. The number of imide groups is 1. The maximum Gasteiger partial charge on any atom is 0.308 e. The van der Waals surface area contributed by atoms with Gasteiger partial charge in [0.2, 0.25) is 11.8 Å². The minimum atomic E-state index is -0.469. The molecule has 35 heavy (non-hydrogen) atoms. The summed E-state index contributed by atoms with van der Waals surface area (Å²) in [6.07, 6.45) is 10.5. The number of esters is 1. The van der Waals surface area contributed by atoms with Gasteiger partial charge in [0.25, 0.3) is 0 Å². The van der Waals surface area contributed by atoms with E-state index >= 15 is 0 Å². The van der Waals surface area contributed by atoms with Crippen molar-refractivity contribution in [3.63, 3.8) is 0 Å². The van der Waals surface area contributed by atoms with Crippen LogP contribution in [0.2, 0.25) is 0 Å². The quantitative estimate of drug-likeness (QED) is 0.401. The van der Waals surface area contributed by atoms with E-state index in [4.69, 9.17) is 4.74 Å². The zero-order chi connectivity index (χ0) is 25.2. The van der Waals surface area contributed by atoms with Gasteiger partial charge in [-0.1, -0.05) is 13.8 Å². The fraction of sp³-hybridized carbons (Fsp3) is 0.862. The number of carbonyl (C=O) groups excluding carboxylic acids is 4. The maximum absolute atomic E-state index is 12.7. The van der Waals surface area contributed by atoms with Crippen molar-refractivity contribution >= 4 is 23.6 Å². The molecule has 1 saturated heterocycles. The molecule has 2 amide bonds. The van der Waals surface area contributed by atoms with E-state index in [2.05, 4.69) is 20.8 Å². The van der Waals surface area contributed by atoms with Crippen molar-refractivity contribution < 1.29 is 23.9 Å². The normalized spacial score (nSPS) is 45.0. The van der Waals surface area contributed by atoms with E-state index in [1.807, 2.05) is 0 Å². The van der Waals surface area contributed by atoms with Gasteiger partial charge >= 0.3 is 5.97 Å². The SMILES string of the molecule is CC(=O)[C@H]1CC[C@H]2[C@@H]3CC[C@H]4C[C@](C)(OC(=O)CCN5C(=O)CCC5=O)CC[C@]4(C)[C@H]3CC[C@]12C. The highest BCUT2D eigenvalue weighted by Gasteiger charge is 2.61. The van der Waals surface area contributed by atoms with Gasteiger partial charge < -0.3 is 4.74 Å². The fourth-order valence-corrected chi connectivity index (χ4v) is 9.58. The molecule has 0 bridgehead atoms. The van der Waals surface area contributed by atoms with Gasteiger partial charge in [-0.15, -0.1) is 0 Å². The Hall–Kier alpha value is -1.72. The van der Waals surface area contributed by atoms with Crippen LogP contribution in [0.3, 0.4) is 0 Å². The molecule has 4 aliphatic carbocycles. The first kappa shape index (κ1) is 25.0. The summed E-state index contributed by atoms with van der Waals surface area (Å²) in [7, 11) is 0. The molecule has 0 aromatic carbocycles. The van der Waals surface area contributed by atoms with Gasteiger partial charge in [-0.05, 0) is 106 Å². The van der Waals surface area contributed by atoms with Crippen molar-refractivity contribution in [3.8, 4) is 0 Å². The van der Waals surface area contributed by atoms with E-state index in [9.17, 15) is 19.2 Å². The number of fused-ring (bicyclic) bond motifs is 5. The highest BCUT2D eigenvalue weighted by Crippen LogP contribution is 2.68. The van der Waals surface area contributed by atoms with Crippen LogP contribution >= 0.6 is 0 Å². The van der Waals surface area contributed by atoms with Gasteiger partial charge in [-0.3, -0.25) is 24.1 Å². The van der Waals surface area contributed by atoms with Crippen LogP contribution in [0.4, 0.5) is 0 Å². The minimum Gasteiger partial charge on any atom is -0.459 e. The predicted molar refractivity (Wildman–Crippen MR) is 131 cm³/mol. The van der Waals surface area contributed by atoms with E-state index in [0.29, 0.717) is 23.5 Å². The van der Waals surface area contributed by atoms with Crippen molar-refractivity contribution in [1.29, 1.82) is 0 Å². The van der Waals surface area contributed by atoms with Gasteiger partial charge in [0, 0.05) is 25.3 Å². The monoisotopic (exact) mass is 485 g/mol. The predicted octanol–water partition coefficient (Wildman–Crippen LogP) is 5.08. The molecular weight excluding hydrogens is 442 g/mol. The Balaban J connectivity index is 1.22. The summed E-state index contributed by atoms with van der Waals surface area (Å²) in [6, 6.07) is 0. The number of amides is 2. The first-order valence-corrected chi connectivity index (χ1v) is 14.0. The Bertz CT molecular complexity index is 914. The van der Waals surface area contributed by atoms with Gasteiger partial charge in [0.05, 0.1) is 6.42 Å². The molecule has 0 aromatic heterocycles. The molecule has 0 spiro atoms. The zero-order valence-electron chi connectivity index (χ0n) is 22.1. The van der Waals surface area contributed by atoms with Crippen molar-refractivity contribution in [3.05, 3.63) is 0 Å². The lowest BCUT2D eigenvalue weighted by Crippen LogP contribution is -2.56. The highest BCUT2D eigenvalue weighted by atomic mass is 16.6. The number of Topliss-reactive ketones (excluding diaryl/α,β-unsaturated/α-hetero) is 1. The smallest absolute Gasteiger partial charge is 0.308 e. The van der Waals surface area contributed by atoms with Gasteiger partial charge in [-0.2, -0.15) is 0 Å². The van der Waals surface area contributed by atoms with Crippen LogP contribution < -0.4 is 0 Å². The van der Waals surface area contributed by atoms with E-state index in [-0.39, 0.29) is 60.3 Å². The summed E-state index contributed by atoms with van der Waals surface area (Å²) in [5.74, 6) is 2.63. The molecule has 5 aliphatic rings. The van der Waals surface area contributed by atoms with E-state index < -0.39 is 5.60 Å². The Kier molecular flexibility index (Phi) is 6.20. The molecule has 0 unspecified atom stereocenters. The summed E-state index contributed by atoms with van der Waals surface area (Å²) in [5, 5.41) is 0. The lowest BCUT2D eigenvalue weighted by molar-refractivity contribution is -0.181. The van der Waals surface area contributed by atoms with Crippen LogP contribution in [0.5, 0.6) is 0 Å². The molecule has 0 N–H and O–H groups in total. The molecule has 0 radical (unpaired) electrons. The average Bonchev–Trinajstić information content (AvgIpc) is 3.31. The van der Waals surface area contributed by atoms with Crippen LogP contribution in [0, 0.1) is 40.4 Å². The third-order valence-electron chi connectivity index (χ3n) is 11.5. The number of likely N-dealkylation sites (tertiary alicyclic amines) is 1. The lowest BCUT2D eigenvalue weighted by Gasteiger charge is -2.62. The lowest BCUT2D eigenvalue weighted by atomic mass is 9.44. The fourth-order valence-electron chi connectivity index (χ4n) is 9.58. The largest absolute Gasteiger partial charge is 0.459 e. The van der Waals surface area contributed by atoms with Crippen LogP contribution in [-0.2, 0) is 23.9 Å². The zero-order valence-corrected chi connectivity index (χ0v) is 22.1. The standard InChI is InChI=1S/C29H43NO5/c1-18(31)21-7-8-22-20-6-5-19-17-27(2,14-15-28(19,3)23(20)11-13-29(21,22)4)35-26(34)12-16-30-24(32)9-10-25(30)33/h19-23H,5-17H2,1-4H3/t19-,20-,21+,22-,23-,27+,28-,29+/m0/s1. The molecule has 6 heteroatoms. The van der Waals surface area contributed by atoms with Gasteiger partial charge in [0.15, 0.2) is 0 Å². The van der Waals surface area contributed by atoms with Gasteiger partial charge in [-0.25, -0.2) is 0 Å². The number of nitrogens with zero attached hydrogens (tertiary/aromatic N) is 1. The van der Waals surface area contributed by atoms with Crippen LogP contribution in [0.15, 0.2) is 0 Å². The van der Waals surface area contributed by atoms with Gasteiger partial charge in [0.1, 0.15) is 11.4 Å². The first-order chi connectivity index (χ1) is 16.5. The number of rotatable bonds is 5. The second-order valence-corrected chi connectivity index (χ2v) is 13.3. The number of hydrogen-bond acceptors (Lipinski definition) is 5. The molecular formula is C29H43NO5. The molecule has 0 aromatic rings. The van der Waals surface area contributed by atoms with Crippen LogP contribution in [0.25, 0.3) is 0 Å². The summed E-state index contributed by atoms with van der Waals surface area (Å²) in [6.45, 7) is 8.92. The van der Waals surface area contributed by atoms with E-state index in [1.165, 1.54) is 37.0 Å². The van der Waals surface area contributed by atoms with Crippen molar-refractivity contribution in [2.75, 3.05) is 6.54 Å². The molecule has 4 saturated carbocycles.